The van der Waals surface area contributed by atoms with Gasteiger partial charge in [-0.05, 0) is 17.7 Å². The van der Waals surface area contributed by atoms with Crippen molar-refractivity contribution in [1.82, 2.24) is 10.3 Å². The molecular weight excluding hydrogens is 260 g/mol. The lowest BCUT2D eigenvalue weighted by atomic mass is 10.2. The molecule has 0 atom stereocenters. The van der Waals surface area contributed by atoms with E-state index < -0.39 is 0 Å². The first-order chi connectivity index (χ1) is 9.15. The molecule has 2 N–H and O–H groups in total. The van der Waals surface area contributed by atoms with Gasteiger partial charge in [0, 0.05) is 37.9 Å². The van der Waals surface area contributed by atoms with Gasteiger partial charge in [-0.15, -0.1) is 11.3 Å². The Morgan fingerprint density at radius 1 is 1.32 bits per heavy atom. The van der Waals surface area contributed by atoms with E-state index in [1.165, 1.54) is 11.3 Å². The van der Waals surface area contributed by atoms with Crippen LogP contribution in [0, 0.1) is 0 Å². The zero-order chi connectivity index (χ0) is 13.7. The number of nitrogens with one attached hydrogen (secondary N) is 2. The fourth-order valence-electron chi connectivity index (χ4n) is 1.52. The summed E-state index contributed by atoms with van der Waals surface area (Å²) >= 11 is 1.39. The highest BCUT2D eigenvalue weighted by Gasteiger charge is 2.03. The minimum absolute atomic E-state index is 0.244. The van der Waals surface area contributed by atoms with E-state index in [4.69, 9.17) is 0 Å². The number of carbonyl (C=O) groups excluding carboxylic acids is 1. The van der Waals surface area contributed by atoms with Crippen LogP contribution in [0.15, 0.2) is 35.8 Å². The maximum Gasteiger partial charge on any atom is 0.321 e. The summed E-state index contributed by atoms with van der Waals surface area (Å²) in [6.45, 7) is 0.491. The van der Waals surface area contributed by atoms with Gasteiger partial charge in [0.1, 0.15) is 0 Å². The second-order valence-electron chi connectivity index (χ2n) is 4.21. The van der Waals surface area contributed by atoms with Gasteiger partial charge in [-0.1, -0.05) is 12.1 Å². The topological polar surface area (TPSA) is 57.3 Å². The first-order valence-electron chi connectivity index (χ1n) is 5.86. The molecule has 1 aromatic heterocycles. The quantitative estimate of drug-likeness (QED) is 0.902. The van der Waals surface area contributed by atoms with Crippen molar-refractivity contribution in [2.24, 2.45) is 0 Å². The second-order valence-corrected chi connectivity index (χ2v) is 5.10. The maximum absolute atomic E-state index is 11.6. The SMILES string of the molecule is CN(C)c1ccc(CNC(=O)Nc2nccs2)cc1. The van der Waals surface area contributed by atoms with Gasteiger partial charge < -0.3 is 10.2 Å². The molecule has 100 valence electrons. The van der Waals surface area contributed by atoms with Crippen molar-refractivity contribution in [3.63, 3.8) is 0 Å². The fraction of sp³-hybridized carbons (Fsp3) is 0.231. The minimum atomic E-state index is -0.244. The van der Waals surface area contributed by atoms with Crippen LogP contribution in [0.1, 0.15) is 5.56 Å². The first-order valence-corrected chi connectivity index (χ1v) is 6.74. The molecule has 5 nitrogen and oxygen atoms in total. The van der Waals surface area contributed by atoms with E-state index in [0.29, 0.717) is 11.7 Å². The number of benzene rings is 1. The van der Waals surface area contributed by atoms with Crippen molar-refractivity contribution in [2.45, 2.75) is 6.54 Å². The summed E-state index contributed by atoms with van der Waals surface area (Å²) in [5, 5.41) is 7.87. The molecule has 19 heavy (non-hydrogen) atoms. The third-order valence-electron chi connectivity index (χ3n) is 2.56. The summed E-state index contributed by atoms with van der Waals surface area (Å²) in [7, 11) is 3.99. The molecule has 0 aliphatic heterocycles. The van der Waals surface area contributed by atoms with Crippen molar-refractivity contribution in [1.29, 1.82) is 0 Å². The number of amides is 2. The highest BCUT2D eigenvalue weighted by molar-refractivity contribution is 7.13. The molecule has 1 heterocycles. The van der Waals surface area contributed by atoms with Crippen LogP contribution in [-0.2, 0) is 6.54 Å². The molecule has 0 fully saturated rings. The van der Waals surface area contributed by atoms with Crippen LogP contribution < -0.4 is 15.5 Å². The molecule has 2 amide bonds. The zero-order valence-electron chi connectivity index (χ0n) is 10.9. The van der Waals surface area contributed by atoms with E-state index in [-0.39, 0.29) is 6.03 Å². The van der Waals surface area contributed by atoms with Crippen molar-refractivity contribution in [3.8, 4) is 0 Å². The van der Waals surface area contributed by atoms with Crippen LogP contribution in [0.2, 0.25) is 0 Å². The summed E-state index contributed by atoms with van der Waals surface area (Å²) in [6, 6.07) is 7.80. The normalized spacial score (nSPS) is 10.0. The Morgan fingerprint density at radius 3 is 2.63 bits per heavy atom. The summed E-state index contributed by atoms with van der Waals surface area (Å²) in [6.07, 6.45) is 1.65. The lowest BCUT2D eigenvalue weighted by molar-refractivity contribution is 0.251. The standard InChI is InChI=1S/C13H16N4OS/c1-17(2)11-5-3-10(4-6-11)9-15-12(18)16-13-14-7-8-19-13/h3-8H,9H2,1-2H3,(H2,14,15,16,18). The van der Waals surface area contributed by atoms with Gasteiger partial charge in [0.05, 0.1) is 0 Å². The van der Waals surface area contributed by atoms with Gasteiger partial charge in [-0.25, -0.2) is 9.78 Å². The van der Waals surface area contributed by atoms with Gasteiger partial charge in [-0.3, -0.25) is 5.32 Å². The highest BCUT2D eigenvalue weighted by atomic mass is 32.1. The Kier molecular flexibility index (Phi) is 4.35. The molecule has 0 aliphatic rings. The van der Waals surface area contributed by atoms with Crippen LogP contribution in [-0.4, -0.2) is 25.1 Å². The highest BCUT2D eigenvalue weighted by Crippen LogP contribution is 2.12. The van der Waals surface area contributed by atoms with Crippen LogP contribution in [0.4, 0.5) is 15.6 Å². The van der Waals surface area contributed by atoms with Crippen molar-refractivity contribution in [3.05, 3.63) is 41.4 Å². The number of aromatic nitrogens is 1. The van der Waals surface area contributed by atoms with Crippen LogP contribution >= 0.6 is 11.3 Å². The molecule has 0 unspecified atom stereocenters. The molecule has 6 heteroatoms. The first kappa shape index (κ1) is 13.4. The Morgan fingerprint density at radius 2 is 2.05 bits per heavy atom. The van der Waals surface area contributed by atoms with Crippen LogP contribution in [0.5, 0.6) is 0 Å². The molecule has 0 aliphatic carbocycles. The Labute approximate surface area is 116 Å². The Bertz CT molecular complexity index is 522. The molecule has 2 aromatic rings. The van der Waals surface area contributed by atoms with Crippen molar-refractivity contribution < 1.29 is 4.79 Å². The lowest BCUT2D eigenvalue weighted by Gasteiger charge is -2.12. The van der Waals surface area contributed by atoms with Crippen LogP contribution in [0.25, 0.3) is 0 Å². The van der Waals surface area contributed by atoms with E-state index >= 15 is 0 Å². The number of hydrogen-bond acceptors (Lipinski definition) is 4. The Hall–Kier alpha value is -2.08. The maximum atomic E-state index is 11.6. The molecule has 2 rings (SSSR count). The molecule has 0 spiro atoms. The number of thiazole rings is 1. The fourth-order valence-corrected chi connectivity index (χ4v) is 2.04. The number of anilines is 2. The Balaban J connectivity index is 1.83. The van der Waals surface area contributed by atoms with E-state index in [0.717, 1.165) is 11.3 Å². The van der Waals surface area contributed by atoms with E-state index in [9.17, 15) is 4.79 Å². The molecule has 1 aromatic carbocycles. The van der Waals surface area contributed by atoms with Gasteiger partial charge in [0.25, 0.3) is 0 Å². The predicted octanol–water partition coefficient (Wildman–Crippen LogP) is 2.53. The summed E-state index contributed by atoms with van der Waals surface area (Å²) in [5.41, 5.74) is 2.19. The van der Waals surface area contributed by atoms with Crippen molar-refractivity contribution in [2.75, 3.05) is 24.3 Å². The predicted molar refractivity (Wildman–Crippen MR) is 78.7 cm³/mol. The second kappa shape index (κ2) is 6.19. The molecule has 0 saturated carbocycles. The number of hydrogen-bond donors (Lipinski definition) is 2. The number of rotatable bonds is 4. The molecular formula is C13H16N4OS. The van der Waals surface area contributed by atoms with Gasteiger partial charge in [0.2, 0.25) is 0 Å². The summed E-state index contributed by atoms with van der Waals surface area (Å²) in [4.78, 5) is 17.6. The van der Waals surface area contributed by atoms with Gasteiger partial charge in [0.15, 0.2) is 5.13 Å². The average Bonchev–Trinajstić information content (AvgIpc) is 2.89. The van der Waals surface area contributed by atoms with Gasteiger partial charge in [-0.2, -0.15) is 0 Å². The summed E-state index contributed by atoms with van der Waals surface area (Å²) in [5.74, 6) is 0. The number of carbonyl (C=O) groups is 1. The lowest BCUT2D eigenvalue weighted by Crippen LogP contribution is -2.28. The van der Waals surface area contributed by atoms with Gasteiger partial charge >= 0.3 is 6.03 Å². The molecule has 0 bridgehead atoms. The minimum Gasteiger partial charge on any atom is -0.378 e. The zero-order valence-corrected chi connectivity index (χ0v) is 11.7. The number of urea groups is 1. The van der Waals surface area contributed by atoms with E-state index in [2.05, 4.69) is 15.6 Å². The monoisotopic (exact) mass is 276 g/mol. The van der Waals surface area contributed by atoms with Crippen molar-refractivity contribution >= 4 is 28.2 Å². The third kappa shape index (κ3) is 3.96. The summed E-state index contributed by atoms with van der Waals surface area (Å²) < 4.78 is 0. The average molecular weight is 276 g/mol. The number of nitrogens with zero attached hydrogens (tertiary/aromatic N) is 2. The smallest absolute Gasteiger partial charge is 0.321 e. The largest absolute Gasteiger partial charge is 0.378 e. The van der Waals surface area contributed by atoms with E-state index in [1.54, 1.807) is 6.20 Å². The third-order valence-corrected chi connectivity index (χ3v) is 3.25. The van der Waals surface area contributed by atoms with E-state index in [1.807, 2.05) is 48.6 Å². The molecule has 0 saturated heterocycles. The van der Waals surface area contributed by atoms with Crippen LogP contribution in [0.3, 0.4) is 0 Å². The molecule has 0 radical (unpaired) electrons.